The summed E-state index contributed by atoms with van der Waals surface area (Å²) in [7, 11) is 1.60. The summed E-state index contributed by atoms with van der Waals surface area (Å²) in [6, 6.07) is 11.8. The van der Waals surface area contributed by atoms with Gasteiger partial charge >= 0.3 is 0 Å². The molecule has 1 aliphatic heterocycles. The highest BCUT2D eigenvalue weighted by molar-refractivity contribution is 6.01. The van der Waals surface area contributed by atoms with Crippen molar-refractivity contribution in [3.63, 3.8) is 0 Å². The molecule has 2 aromatic rings. The Morgan fingerprint density at radius 1 is 1.14 bits per heavy atom. The molecule has 0 radical (unpaired) electrons. The summed E-state index contributed by atoms with van der Waals surface area (Å²) in [4.78, 5) is 14.8. The van der Waals surface area contributed by atoms with Crippen molar-refractivity contribution in [3.05, 3.63) is 42.0 Å². The van der Waals surface area contributed by atoms with Crippen molar-refractivity contribution < 1.29 is 14.3 Å². The van der Waals surface area contributed by atoms with Crippen LogP contribution in [0.15, 0.2) is 36.4 Å². The third-order valence-corrected chi connectivity index (χ3v) is 4.01. The minimum atomic E-state index is 0.00426. The van der Waals surface area contributed by atoms with Gasteiger partial charge < -0.3 is 14.4 Å². The van der Waals surface area contributed by atoms with E-state index in [4.69, 9.17) is 9.47 Å². The Kier molecular flexibility index (Phi) is 4.03. The molecule has 2 atom stereocenters. The van der Waals surface area contributed by atoms with E-state index in [9.17, 15) is 4.79 Å². The molecule has 0 aromatic heterocycles. The minimum absolute atomic E-state index is 0.00426. The van der Waals surface area contributed by atoms with Gasteiger partial charge in [0, 0.05) is 13.1 Å². The van der Waals surface area contributed by atoms with Gasteiger partial charge in [0.2, 0.25) is 0 Å². The van der Waals surface area contributed by atoms with Gasteiger partial charge in [-0.15, -0.1) is 0 Å². The summed E-state index contributed by atoms with van der Waals surface area (Å²) in [5.74, 6) is 0.625. The average molecular weight is 299 g/mol. The zero-order chi connectivity index (χ0) is 15.7. The van der Waals surface area contributed by atoms with Crippen molar-refractivity contribution in [1.29, 1.82) is 0 Å². The second-order valence-corrected chi connectivity index (χ2v) is 5.87. The SMILES string of the molecule is COc1cc2ccccc2cc1C(=O)N1C[C@@H](C)O[C@H](C)C1. The lowest BCUT2D eigenvalue weighted by molar-refractivity contribution is -0.0586. The normalized spacial score (nSPS) is 21.9. The Hall–Kier alpha value is -2.07. The van der Waals surface area contributed by atoms with Crippen LogP contribution < -0.4 is 4.74 Å². The van der Waals surface area contributed by atoms with E-state index in [2.05, 4.69) is 0 Å². The first kappa shape index (κ1) is 14.9. The second kappa shape index (κ2) is 5.97. The van der Waals surface area contributed by atoms with Crippen LogP contribution in [0.3, 0.4) is 0 Å². The highest BCUT2D eigenvalue weighted by Gasteiger charge is 2.28. The average Bonchev–Trinajstić information content (AvgIpc) is 2.52. The molecule has 1 amide bonds. The molecule has 0 spiro atoms. The monoisotopic (exact) mass is 299 g/mol. The maximum Gasteiger partial charge on any atom is 0.257 e. The van der Waals surface area contributed by atoms with E-state index in [-0.39, 0.29) is 18.1 Å². The number of methoxy groups -OCH3 is 1. The van der Waals surface area contributed by atoms with Crippen molar-refractivity contribution in [2.24, 2.45) is 0 Å². The van der Waals surface area contributed by atoms with Crippen LogP contribution in [0.5, 0.6) is 5.75 Å². The third kappa shape index (κ3) is 2.79. The molecule has 1 saturated heterocycles. The van der Waals surface area contributed by atoms with E-state index in [0.717, 1.165) is 10.8 Å². The van der Waals surface area contributed by atoms with Crippen LogP contribution in [0.25, 0.3) is 10.8 Å². The number of rotatable bonds is 2. The number of fused-ring (bicyclic) bond motifs is 1. The number of carbonyl (C=O) groups excluding carboxylic acids is 1. The molecule has 0 bridgehead atoms. The lowest BCUT2D eigenvalue weighted by Crippen LogP contribution is -2.48. The van der Waals surface area contributed by atoms with Crippen molar-refractivity contribution in [2.45, 2.75) is 26.1 Å². The largest absolute Gasteiger partial charge is 0.496 e. The van der Waals surface area contributed by atoms with Crippen LogP contribution in [-0.4, -0.2) is 43.2 Å². The summed E-state index contributed by atoms with van der Waals surface area (Å²) in [5.41, 5.74) is 0.613. The van der Waals surface area contributed by atoms with E-state index >= 15 is 0 Å². The van der Waals surface area contributed by atoms with Gasteiger partial charge in [0.25, 0.3) is 5.91 Å². The zero-order valence-electron chi connectivity index (χ0n) is 13.2. The Bertz CT molecular complexity index is 688. The topological polar surface area (TPSA) is 38.8 Å². The third-order valence-electron chi connectivity index (χ3n) is 4.01. The molecule has 22 heavy (non-hydrogen) atoms. The van der Waals surface area contributed by atoms with Gasteiger partial charge in [-0.25, -0.2) is 0 Å². The molecular formula is C18H21NO3. The molecule has 1 aliphatic rings. The number of amides is 1. The summed E-state index contributed by atoms with van der Waals surface area (Å²) < 4.78 is 11.1. The first-order valence-electron chi connectivity index (χ1n) is 7.60. The minimum Gasteiger partial charge on any atom is -0.496 e. The van der Waals surface area contributed by atoms with E-state index < -0.39 is 0 Å². The molecule has 4 nitrogen and oxygen atoms in total. The Morgan fingerprint density at radius 2 is 1.73 bits per heavy atom. The fourth-order valence-corrected chi connectivity index (χ4v) is 3.07. The Balaban J connectivity index is 1.99. The van der Waals surface area contributed by atoms with E-state index in [1.54, 1.807) is 7.11 Å². The standard InChI is InChI=1S/C18H21NO3/c1-12-10-19(11-13(2)22-12)18(20)16-8-14-6-4-5-7-15(14)9-17(16)21-3/h4-9,12-13H,10-11H2,1-3H3/t12-,13-/m1/s1. The fourth-order valence-electron chi connectivity index (χ4n) is 3.07. The van der Waals surface area contributed by atoms with E-state index in [1.807, 2.05) is 55.1 Å². The van der Waals surface area contributed by atoms with Crippen molar-refractivity contribution >= 4 is 16.7 Å². The Morgan fingerprint density at radius 3 is 2.32 bits per heavy atom. The molecule has 0 saturated carbocycles. The summed E-state index contributed by atoms with van der Waals surface area (Å²) in [6.07, 6.45) is 0.110. The van der Waals surface area contributed by atoms with E-state index in [0.29, 0.717) is 24.4 Å². The molecule has 2 aromatic carbocycles. The van der Waals surface area contributed by atoms with Crippen molar-refractivity contribution in [2.75, 3.05) is 20.2 Å². The van der Waals surface area contributed by atoms with Crippen molar-refractivity contribution in [3.8, 4) is 5.75 Å². The second-order valence-electron chi connectivity index (χ2n) is 5.87. The smallest absolute Gasteiger partial charge is 0.257 e. The lowest BCUT2D eigenvalue weighted by atomic mass is 10.0. The van der Waals surface area contributed by atoms with Crippen LogP contribution >= 0.6 is 0 Å². The predicted molar refractivity (Wildman–Crippen MR) is 86.4 cm³/mol. The van der Waals surface area contributed by atoms with Crippen LogP contribution in [-0.2, 0) is 4.74 Å². The zero-order valence-corrected chi connectivity index (χ0v) is 13.2. The van der Waals surface area contributed by atoms with Gasteiger partial charge in [-0.2, -0.15) is 0 Å². The van der Waals surface area contributed by atoms with Gasteiger partial charge in [-0.05, 0) is 36.8 Å². The van der Waals surface area contributed by atoms with Crippen LogP contribution in [0, 0.1) is 0 Å². The van der Waals surface area contributed by atoms with Gasteiger partial charge in [-0.3, -0.25) is 4.79 Å². The van der Waals surface area contributed by atoms with Crippen LogP contribution in [0.1, 0.15) is 24.2 Å². The summed E-state index contributed by atoms with van der Waals surface area (Å²) in [6.45, 7) is 5.21. The van der Waals surface area contributed by atoms with E-state index in [1.165, 1.54) is 0 Å². The molecule has 1 fully saturated rings. The lowest BCUT2D eigenvalue weighted by Gasteiger charge is -2.35. The Labute approximate surface area is 130 Å². The molecular weight excluding hydrogens is 278 g/mol. The van der Waals surface area contributed by atoms with Crippen molar-refractivity contribution in [1.82, 2.24) is 4.90 Å². The molecule has 1 heterocycles. The molecule has 3 rings (SSSR count). The summed E-state index contributed by atoms with van der Waals surface area (Å²) >= 11 is 0. The fraction of sp³-hybridized carbons (Fsp3) is 0.389. The predicted octanol–water partition coefficient (Wildman–Crippen LogP) is 3.10. The maximum atomic E-state index is 12.9. The number of hydrogen-bond acceptors (Lipinski definition) is 3. The van der Waals surface area contributed by atoms with Crippen LogP contribution in [0.2, 0.25) is 0 Å². The number of nitrogens with zero attached hydrogens (tertiary/aromatic N) is 1. The van der Waals surface area contributed by atoms with Gasteiger partial charge in [0.05, 0.1) is 24.9 Å². The summed E-state index contributed by atoms with van der Waals surface area (Å²) in [5, 5.41) is 2.11. The quantitative estimate of drug-likeness (QED) is 0.855. The number of carbonyl (C=O) groups is 1. The molecule has 0 N–H and O–H groups in total. The number of benzene rings is 2. The maximum absolute atomic E-state index is 12.9. The van der Waals surface area contributed by atoms with Gasteiger partial charge in [0.15, 0.2) is 0 Å². The molecule has 4 heteroatoms. The number of morpholine rings is 1. The first-order valence-corrected chi connectivity index (χ1v) is 7.60. The number of hydrogen-bond donors (Lipinski definition) is 0. The number of ether oxygens (including phenoxy) is 2. The van der Waals surface area contributed by atoms with Crippen LogP contribution in [0.4, 0.5) is 0 Å². The van der Waals surface area contributed by atoms with Gasteiger partial charge in [-0.1, -0.05) is 24.3 Å². The molecule has 0 unspecified atom stereocenters. The van der Waals surface area contributed by atoms with Gasteiger partial charge in [0.1, 0.15) is 5.75 Å². The first-order chi connectivity index (χ1) is 10.6. The molecule has 0 aliphatic carbocycles. The highest BCUT2D eigenvalue weighted by atomic mass is 16.5. The highest BCUT2D eigenvalue weighted by Crippen LogP contribution is 2.28. The molecule has 116 valence electrons.